The summed E-state index contributed by atoms with van der Waals surface area (Å²) in [5.41, 5.74) is 2.04. The fourth-order valence-corrected chi connectivity index (χ4v) is 2.01. The molecule has 0 radical (unpaired) electrons. The van der Waals surface area contributed by atoms with Crippen LogP contribution in [-0.4, -0.2) is 31.0 Å². The zero-order valence-corrected chi connectivity index (χ0v) is 12.3. The number of nitrogens with one attached hydrogen (secondary N) is 1. The average Bonchev–Trinajstić information content (AvgIpc) is 2.39. The molecule has 0 aromatic heterocycles. The van der Waals surface area contributed by atoms with Gasteiger partial charge in [0.1, 0.15) is 0 Å². The van der Waals surface area contributed by atoms with Crippen LogP contribution in [0.2, 0.25) is 0 Å². The molecule has 19 heavy (non-hydrogen) atoms. The van der Waals surface area contributed by atoms with Crippen LogP contribution >= 0.6 is 11.8 Å². The van der Waals surface area contributed by atoms with Crippen molar-refractivity contribution in [2.75, 3.05) is 19.1 Å². The molecule has 0 saturated heterocycles. The quantitative estimate of drug-likeness (QED) is 0.811. The van der Waals surface area contributed by atoms with Crippen molar-refractivity contribution >= 4 is 23.6 Å². The number of rotatable bonds is 6. The molecule has 1 atom stereocenters. The summed E-state index contributed by atoms with van der Waals surface area (Å²) in [6, 6.07) is 7.42. The third-order valence-electron chi connectivity index (χ3n) is 2.69. The standard InChI is InChI=1S/C14H19NO3S/c1-10-4-6-11(7-5-10)12(8-14(17)18-2)15-13(16)9-19-3/h4-7,12H,8-9H2,1-3H3,(H,15,16). The lowest BCUT2D eigenvalue weighted by Crippen LogP contribution is -2.31. The Kier molecular flexibility index (Phi) is 6.42. The van der Waals surface area contributed by atoms with Gasteiger partial charge in [0, 0.05) is 0 Å². The van der Waals surface area contributed by atoms with Crippen LogP contribution < -0.4 is 5.32 Å². The summed E-state index contributed by atoms with van der Waals surface area (Å²) < 4.78 is 4.67. The number of hydrogen-bond acceptors (Lipinski definition) is 4. The van der Waals surface area contributed by atoms with E-state index in [4.69, 9.17) is 0 Å². The highest BCUT2D eigenvalue weighted by Gasteiger charge is 2.18. The van der Waals surface area contributed by atoms with E-state index in [9.17, 15) is 9.59 Å². The predicted molar refractivity (Wildman–Crippen MR) is 77.1 cm³/mol. The van der Waals surface area contributed by atoms with Gasteiger partial charge in [-0.2, -0.15) is 11.8 Å². The molecule has 0 aliphatic rings. The highest BCUT2D eigenvalue weighted by molar-refractivity contribution is 7.99. The topological polar surface area (TPSA) is 55.4 Å². The van der Waals surface area contributed by atoms with Crippen molar-refractivity contribution in [1.82, 2.24) is 5.32 Å². The Bertz CT molecular complexity index is 431. The van der Waals surface area contributed by atoms with E-state index in [-0.39, 0.29) is 24.3 Å². The minimum Gasteiger partial charge on any atom is -0.469 e. The number of carbonyl (C=O) groups is 2. The third kappa shape index (κ3) is 5.34. The summed E-state index contributed by atoms with van der Waals surface area (Å²) in [5, 5.41) is 2.86. The van der Waals surface area contributed by atoms with E-state index in [1.165, 1.54) is 18.9 Å². The molecule has 1 rings (SSSR count). The van der Waals surface area contributed by atoms with Crippen molar-refractivity contribution in [2.45, 2.75) is 19.4 Å². The second-order valence-electron chi connectivity index (χ2n) is 4.24. The van der Waals surface area contributed by atoms with E-state index in [0.717, 1.165) is 11.1 Å². The number of benzene rings is 1. The summed E-state index contributed by atoms with van der Waals surface area (Å²) in [6.07, 6.45) is 2.00. The maximum Gasteiger partial charge on any atom is 0.307 e. The summed E-state index contributed by atoms with van der Waals surface area (Å²) in [6.45, 7) is 1.99. The largest absolute Gasteiger partial charge is 0.469 e. The van der Waals surface area contributed by atoms with Gasteiger partial charge >= 0.3 is 5.97 Å². The molecule has 0 aliphatic carbocycles. The second-order valence-corrected chi connectivity index (χ2v) is 5.11. The number of aryl methyl sites for hydroxylation is 1. The van der Waals surface area contributed by atoms with Gasteiger partial charge in [-0.1, -0.05) is 29.8 Å². The number of hydrogen-bond donors (Lipinski definition) is 1. The minimum absolute atomic E-state index is 0.0815. The molecule has 0 bridgehead atoms. The van der Waals surface area contributed by atoms with Crippen molar-refractivity contribution in [3.8, 4) is 0 Å². The van der Waals surface area contributed by atoms with E-state index in [0.29, 0.717) is 5.75 Å². The molecule has 1 unspecified atom stereocenters. The Balaban J connectivity index is 2.82. The van der Waals surface area contributed by atoms with Gasteiger partial charge in [-0.25, -0.2) is 0 Å². The summed E-state index contributed by atoms with van der Waals surface area (Å²) in [5.74, 6) is -0.0409. The van der Waals surface area contributed by atoms with Crippen LogP contribution in [0.15, 0.2) is 24.3 Å². The molecule has 0 saturated carbocycles. The molecular weight excluding hydrogens is 262 g/mol. The van der Waals surface area contributed by atoms with Crippen LogP contribution in [0.25, 0.3) is 0 Å². The number of amides is 1. The molecule has 5 heteroatoms. The number of thioether (sulfide) groups is 1. The Morgan fingerprint density at radius 1 is 1.32 bits per heavy atom. The van der Waals surface area contributed by atoms with Crippen molar-refractivity contribution in [1.29, 1.82) is 0 Å². The highest BCUT2D eigenvalue weighted by Crippen LogP contribution is 2.18. The van der Waals surface area contributed by atoms with Gasteiger partial charge in [0.25, 0.3) is 0 Å². The van der Waals surface area contributed by atoms with E-state index in [2.05, 4.69) is 10.1 Å². The molecule has 1 aromatic rings. The number of ether oxygens (including phenoxy) is 1. The normalized spacial score (nSPS) is 11.7. The molecule has 104 valence electrons. The fraction of sp³-hybridized carbons (Fsp3) is 0.429. The molecular formula is C14H19NO3S. The summed E-state index contributed by atoms with van der Waals surface area (Å²) >= 11 is 1.45. The first kappa shape index (κ1) is 15.6. The maximum absolute atomic E-state index is 11.7. The molecule has 0 heterocycles. The van der Waals surface area contributed by atoms with Gasteiger partial charge in [0.15, 0.2) is 0 Å². The number of esters is 1. The predicted octanol–water partition coefficient (Wildman–Crippen LogP) is 2.08. The lowest BCUT2D eigenvalue weighted by molar-refractivity contribution is -0.141. The van der Waals surface area contributed by atoms with Crippen LogP contribution in [-0.2, 0) is 14.3 Å². The summed E-state index contributed by atoms with van der Waals surface area (Å²) in [7, 11) is 1.35. The zero-order valence-electron chi connectivity index (χ0n) is 11.4. The van der Waals surface area contributed by atoms with Crippen LogP contribution in [0.1, 0.15) is 23.6 Å². The van der Waals surface area contributed by atoms with Crippen molar-refractivity contribution in [2.24, 2.45) is 0 Å². The smallest absolute Gasteiger partial charge is 0.307 e. The van der Waals surface area contributed by atoms with E-state index >= 15 is 0 Å². The Labute approximate surface area is 117 Å². The Hall–Kier alpha value is -1.49. The molecule has 1 amide bonds. The lowest BCUT2D eigenvalue weighted by Gasteiger charge is -2.18. The molecule has 4 nitrogen and oxygen atoms in total. The van der Waals surface area contributed by atoms with Crippen LogP contribution in [0.4, 0.5) is 0 Å². The second kappa shape index (κ2) is 7.84. The van der Waals surface area contributed by atoms with Crippen molar-refractivity contribution in [3.63, 3.8) is 0 Å². The Morgan fingerprint density at radius 3 is 2.47 bits per heavy atom. The van der Waals surface area contributed by atoms with Gasteiger partial charge in [0.2, 0.25) is 5.91 Å². The van der Waals surface area contributed by atoms with E-state index in [1.54, 1.807) is 0 Å². The lowest BCUT2D eigenvalue weighted by atomic mass is 10.0. The maximum atomic E-state index is 11.7. The van der Waals surface area contributed by atoms with Gasteiger partial charge < -0.3 is 10.1 Å². The zero-order chi connectivity index (χ0) is 14.3. The molecule has 0 fully saturated rings. The molecule has 0 spiro atoms. The highest BCUT2D eigenvalue weighted by atomic mass is 32.2. The molecule has 0 aliphatic heterocycles. The molecule has 1 aromatic carbocycles. The van der Waals surface area contributed by atoms with Crippen LogP contribution in [0, 0.1) is 6.92 Å². The van der Waals surface area contributed by atoms with E-state index < -0.39 is 0 Å². The first-order valence-electron chi connectivity index (χ1n) is 5.98. The molecule has 1 N–H and O–H groups in total. The number of methoxy groups -OCH3 is 1. The van der Waals surface area contributed by atoms with E-state index in [1.807, 2.05) is 37.4 Å². The van der Waals surface area contributed by atoms with Gasteiger partial charge in [0.05, 0.1) is 25.3 Å². The first-order chi connectivity index (χ1) is 9.06. The average molecular weight is 281 g/mol. The summed E-state index contributed by atoms with van der Waals surface area (Å²) in [4.78, 5) is 23.1. The van der Waals surface area contributed by atoms with Gasteiger partial charge in [-0.05, 0) is 18.7 Å². The monoisotopic (exact) mass is 281 g/mol. The SMILES string of the molecule is COC(=O)CC(NC(=O)CSC)c1ccc(C)cc1. The first-order valence-corrected chi connectivity index (χ1v) is 7.38. The van der Waals surface area contributed by atoms with Crippen LogP contribution in [0.5, 0.6) is 0 Å². The van der Waals surface area contributed by atoms with Gasteiger partial charge in [-0.15, -0.1) is 0 Å². The number of carbonyl (C=O) groups excluding carboxylic acids is 2. The fourth-order valence-electron chi connectivity index (χ4n) is 1.67. The minimum atomic E-state index is -0.340. The van der Waals surface area contributed by atoms with Gasteiger partial charge in [-0.3, -0.25) is 9.59 Å². The Morgan fingerprint density at radius 2 is 1.95 bits per heavy atom. The van der Waals surface area contributed by atoms with Crippen molar-refractivity contribution < 1.29 is 14.3 Å². The van der Waals surface area contributed by atoms with Crippen LogP contribution in [0.3, 0.4) is 0 Å². The van der Waals surface area contributed by atoms with Crippen molar-refractivity contribution in [3.05, 3.63) is 35.4 Å². The third-order valence-corrected chi connectivity index (χ3v) is 3.24.